The van der Waals surface area contributed by atoms with Crippen LogP contribution in [0.4, 0.5) is 4.79 Å². The van der Waals surface area contributed by atoms with Gasteiger partial charge in [-0.25, -0.2) is 9.59 Å². The van der Waals surface area contributed by atoms with Crippen molar-refractivity contribution in [1.29, 1.82) is 0 Å². The first-order chi connectivity index (χ1) is 14.4. The summed E-state index contributed by atoms with van der Waals surface area (Å²) < 4.78 is 14.9. The molecule has 0 aliphatic heterocycles. The topological polar surface area (TPSA) is 123 Å². The Morgan fingerprint density at radius 1 is 1.03 bits per heavy atom. The van der Waals surface area contributed by atoms with Gasteiger partial charge in [0.25, 0.3) is 5.91 Å². The van der Waals surface area contributed by atoms with Crippen LogP contribution in [-0.4, -0.2) is 43.8 Å². The average Bonchev–Trinajstić information content (AvgIpc) is 2.76. The highest BCUT2D eigenvalue weighted by Gasteiger charge is 2.11. The minimum atomic E-state index is -0.791. The molecule has 0 radical (unpaired) electrons. The number of carbonyl (C=O) groups is 3. The van der Waals surface area contributed by atoms with Crippen molar-refractivity contribution in [2.24, 2.45) is 0 Å². The Kier molecular flexibility index (Phi) is 8.25. The SMILES string of the molecule is COc1cc(/C=C/C(=O)OCC(=O)NC(=O)NCc2ccccc2)cc(OC)c1O. The van der Waals surface area contributed by atoms with Crippen LogP contribution >= 0.6 is 0 Å². The third-order valence-corrected chi connectivity index (χ3v) is 3.81. The molecule has 0 aliphatic carbocycles. The molecule has 158 valence electrons. The van der Waals surface area contributed by atoms with E-state index in [1.165, 1.54) is 32.4 Å². The second-order valence-corrected chi connectivity index (χ2v) is 5.93. The highest BCUT2D eigenvalue weighted by molar-refractivity contribution is 5.96. The molecule has 2 rings (SSSR count). The molecule has 0 saturated carbocycles. The van der Waals surface area contributed by atoms with Gasteiger partial charge < -0.3 is 24.6 Å². The number of imide groups is 1. The smallest absolute Gasteiger partial charge is 0.331 e. The maximum atomic E-state index is 11.8. The second kappa shape index (κ2) is 11.1. The van der Waals surface area contributed by atoms with Gasteiger partial charge in [0.2, 0.25) is 5.75 Å². The van der Waals surface area contributed by atoms with Crippen LogP contribution in [0.3, 0.4) is 0 Å². The van der Waals surface area contributed by atoms with E-state index in [0.717, 1.165) is 11.6 Å². The van der Waals surface area contributed by atoms with E-state index in [0.29, 0.717) is 5.56 Å². The van der Waals surface area contributed by atoms with Gasteiger partial charge in [0, 0.05) is 12.6 Å². The number of esters is 1. The van der Waals surface area contributed by atoms with Gasteiger partial charge in [-0.2, -0.15) is 0 Å². The second-order valence-electron chi connectivity index (χ2n) is 5.93. The van der Waals surface area contributed by atoms with Crippen molar-refractivity contribution >= 4 is 24.0 Å². The molecule has 9 nitrogen and oxygen atoms in total. The van der Waals surface area contributed by atoms with E-state index < -0.39 is 24.5 Å². The fourth-order valence-corrected chi connectivity index (χ4v) is 2.34. The lowest BCUT2D eigenvalue weighted by Gasteiger charge is -2.09. The van der Waals surface area contributed by atoms with Gasteiger partial charge in [-0.05, 0) is 29.3 Å². The molecule has 2 aromatic carbocycles. The van der Waals surface area contributed by atoms with Gasteiger partial charge in [-0.1, -0.05) is 30.3 Å². The summed E-state index contributed by atoms with van der Waals surface area (Å²) in [5, 5.41) is 14.5. The lowest BCUT2D eigenvalue weighted by molar-refractivity contribution is -0.143. The predicted octanol–water partition coefficient (Wildman–Crippen LogP) is 1.99. The van der Waals surface area contributed by atoms with Crippen LogP contribution < -0.4 is 20.1 Å². The lowest BCUT2D eigenvalue weighted by atomic mass is 10.1. The minimum absolute atomic E-state index is 0.165. The Morgan fingerprint density at radius 2 is 1.67 bits per heavy atom. The molecule has 0 atom stereocenters. The summed E-state index contributed by atoms with van der Waals surface area (Å²) in [4.78, 5) is 35.2. The number of hydrogen-bond donors (Lipinski definition) is 3. The fourth-order valence-electron chi connectivity index (χ4n) is 2.34. The number of phenols is 1. The van der Waals surface area contributed by atoms with Crippen molar-refractivity contribution in [3.63, 3.8) is 0 Å². The monoisotopic (exact) mass is 414 g/mol. The van der Waals surface area contributed by atoms with Gasteiger partial charge in [0.05, 0.1) is 14.2 Å². The minimum Gasteiger partial charge on any atom is -0.502 e. The van der Waals surface area contributed by atoms with Crippen molar-refractivity contribution in [2.45, 2.75) is 6.54 Å². The molecule has 0 spiro atoms. The van der Waals surface area contributed by atoms with Crippen LogP contribution in [0.2, 0.25) is 0 Å². The van der Waals surface area contributed by atoms with Gasteiger partial charge in [-0.15, -0.1) is 0 Å². The average molecular weight is 414 g/mol. The Morgan fingerprint density at radius 3 is 2.27 bits per heavy atom. The lowest BCUT2D eigenvalue weighted by Crippen LogP contribution is -2.41. The van der Waals surface area contributed by atoms with E-state index in [2.05, 4.69) is 10.6 Å². The molecule has 0 aliphatic rings. The highest BCUT2D eigenvalue weighted by atomic mass is 16.5. The van der Waals surface area contributed by atoms with E-state index in [1.54, 1.807) is 0 Å². The molecular weight excluding hydrogens is 392 g/mol. The molecule has 2 aromatic rings. The van der Waals surface area contributed by atoms with Crippen LogP contribution in [0.25, 0.3) is 6.08 Å². The van der Waals surface area contributed by atoms with Gasteiger partial charge in [0.15, 0.2) is 18.1 Å². The number of benzene rings is 2. The van der Waals surface area contributed by atoms with Crippen molar-refractivity contribution in [3.8, 4) is 17.2 Å². The summed E-state index contributed by atoms with van der Waals surface area (Å²) in [5.41, 5.74) is 1.38. The van der Waals surface area contributed by atoms with E-state index in [-0.39, 0.29) is 23.8 Å². The van der Waals surface area contributed by atoms with Crippen LogP contribution in [0.15, 0.2) is 48.5 Å². The maximum absolute atomic E-state index is 11.8. The van der Waals surface area contributed by atoms with Crippen LogP contribution in [0, 0.1) is 0 Å². The standard InChI is InChI=1S/C21H22N2O7/c1-28-16-10-15(11-17(29-2)20(16)26)8-9-19(25)30-13-18(24)23-21(27)22-12-14-6-4-3-5-7-14/h3-11,26H,12-13H2,1-2H3,(H2,22,23,24,27)/b9-8+. The molecule has 3 amide bonds. The summed E-state index contributed by atoms with van der Waals surface area (Å²) in [7, 11) is 2.76. The summed E-state index contributed by atoms with van der Waals surface area (Å²) in [6, 6.07) is 11.5. The highest BCUT2D eigenvalue weighted by Crippen LogP contribution is 2.37. The van der Waals surface area contributed by atoms with Gasteiger partial charge >= 0.3 is 12.0 Å². The zero-order valence-electron chi connectivity index (χ0n) is 16.5. The third kappa shape index (κ3) is 6.86. The first-order valence-corrected chi connectivity index (χ1v) is 8.84. The number of methoxy groups -OCH3 is 2. The summed E-state index contributed by atoms with van der Waals surface area (Å²) >= 11 is 0. The van der Waals surface area contributed by atoms with Gasteiger partial charge in [0.1, 0.15) is 0 Å². The summed E-state index contributed by atoms with van der Waals surface area (Å²) in [6.45, 7) is -0.369. The molecule has 9 heteroatoms. The molecule has 0 fully saturated rings. The Balaban J connectivity index is 1.79. The number of rotatable bonds is 8. The first-order valence-electron chi connectivity index (χ1n) is 8.84. The number of urea groups is 1. The molecule has 0 unspecified atom stereocenters. The van der Waals surface area contributed by atoms with Crippen molar-refractivity contribution < 1.29 is 33.7 Å². The van der Waals surface area contributed by atoms with E-state index in [4.69, 9.17) is 14.2 Å². The van der Waals surface area contributed by atoms with Crippen molar-refractivity contribution in [3.05, 3.63) is 59.7 Å². The molecule has 3 N–H and O–H groups in total. The van der Waals surface area contributed by atoms with Gasteiger partial charge in [-0.3, -0.25) is 10.1 Å². The van der Waals surface area contributed by atoms with E-state index in [9.17, 15) is 19.5 Å². The summed E-state index contributed by atoms with van der Waals surface area (Å²) in [6.07, 6.45) is 2.49. The van der Waals surface area contributed by atoms with E-state index >= 15 is 0 Å². The normalized spacial score (nSPS) is 10.3. The van der Waals surface area contributed by atoms with Crippen LogP contribution in [-0.2, 0) is 20.9 Å². The zero-order valence-corrected chi connectivity index (χ0v) is 16.5. The number of ether oxygens (including phenoxy) is 3. The fraction of sp³-hybridized carbons (Fsp3) is 0.190. The largest absolute Gasteiger partial charge is 0.502 e. The number of phenolic OH excluding ortho intramolecular Hbond substituents is 1. The van der Waals surface area contributed by atoms with Crippen LogP contribution in [0.1, 0.15) is 11.1 Å². The molecule has 0 heterocycles. The maximum Gasteiger partial charge on any atom is 0.331 e. The number of amides is 3. The number of carbonyl (C=O) groups excluding carboxylic acids is 3. The Labute approximate surface area is 173 Å². The number of aromatic hydroxyl groups is 1. The molecule has 0 bridgehead atoms. The van der Waals surface area contributed by atoms with Crippen LogP contribution in [0.5, 0.6) is 17.2 Å². The van der Waals surface area contributed by atoms with Crippen molar-refractivity contribution in [1.82, 2.24) is 10.6 Å². The van der Waals surface area contributed by atoms with E-state index in [1.807, 2.05) is 30.3 Å². The van der Waals surface area contributed by atoms with Crippen molar-refractivity contribution in [2.75, 3.05) is 20.8 Å². The number of hydrogen-bond acceptors (Lipinski definition) is 7. The Hall–Kier alpha value is -4.01. The molecule has 0 saturated heterocycles. The third-order valence-electron chi connectivity index (χ3n) is 3.81. The number of nitrogens with one attached hydrogen (secondary N) is 2. The molecule has 30 heavy (non-hydrogen) atoms. The zero-order chi connectivity index (χ0) is 21.9. The predicted molar refractivity (Wildman–Crippen MR) is 108 cm³/mol. The molecular formula is C21H22N2O7. The first kappa shape index (κ1) is 22.3. The molecule has 0 aromatic heterocycles. The Bertz CT molecular complexity index is 901. The summed E-state index contributed by atoms with van der Waals surface area (Å²) in [5.74, 6) is -1.38. The quantitative estimate of drug-likeness (QED) is 0.446.